The van der Waals surface area contributed by atoms with Crippen LogP contribution in [-0.2, 0) is 0 Å². The second-order valence-corrected chi connectivity index (χ2v) is 5.16. The zero-order chi connectivity index (χ0) is 12.4. The van der Waals surface area contributed by atoms with E-state index < -0.39 is 0 Å². The highest BCUT2D eigenvalue weighted by Crippen LogP contribution is 2.31. The lowest BCUT2D eigenvalue weighted by atomic mass is 10.0. The average molecular weight is 315 g/mol. The summed E-state index contributed by atoms with van der Waals surface area (Å²) in [6.07, 6.45) is 0. The molecule has 1 aromatic carbocycles. The van der Waals surface area contributed by atoms with Gasteiger partial charge in [0, 0.05) is 9.50 Å². The Labute approximate surface area is 114 Å². The third-order valence-corrected chi connectivity index (χ3v) is 3.44. The van der Waals surface area contributed by atoms with Gasteiger partial charge in [-0.1, -0.05) is 27.5 Å². The van der Waals surface area contributed by atoms with E-state index in [0.717, 1.165) is 26.6 Å². The monoisotopic (exact) mass is 313 g/mol. The molecule has 0 saturated heterocycles. The molecule has 1 unspecified atom stereocenters. The Kier molecular flexibility index (Phi) is 3.92. The van der Waals surface area contributed by atoms with Crippen LogP contribution in [-0.4, -0.2) is 7.05 Å². The summed E-state index contributed by atoms with van der Waals surface area (Å²) < 4.78 is 6.65. The molecule has 0 aliphatic heterocycles. The minimum absolute atomic E-state index is 0.0336. The maximum absolute atomic E-state index is 6.22. The first-order chi connectivity index (χ1) is 8.11. The Morgan fingerprint density at radius 1 is 1.29 bits per heavy atom. The number of rotatable bonds is 3. The van der Waals surface area contributed by atoms with Crippen molar-refractivity contribution in [2.75, 3.05) is 7.05 Å². The number of aryl methyl sites for hydroxylation is 1. The van der Waals surface area contributed by atoms with E-state index in [1.807, 2.05) is 44.3 Å². The van der Waals surface area contributed by atoms with Crippen molar-refractivity contribution in [3.05, 3.63) is 56.9 Å². The summed E-state index contributed by atoms with van der Waals surface area (Å²) in [6.45, 7) is 1.93. The van der Waals surface area contributed by atoms with Crippen molar-refractivity contribution in [2.24, 2.45) is 0 Å². The Balaban J connectivity index is 2.45. The van der Waals surface area contributed by atoms with Crippen molar-refractivity contribution < 1.29 is 4.42 Å². The zero-order valence-corrected chi connectivity index (χ0v) is 12.0. The first-order valence-electron chi connectivity index (χ1n) is 5.30. The third-order valence-electron chi connectivity index (χ3n) is 2.60. The number of hydrogen-bond donors (Lipinski definition) is 1. The number of hydrogen-bond acceptors (Lipinski definition) is 2. The molecule has 0 saturated carbocycles. The minimum Gasteiger partial charge on any atom is -0.464 e. The van der Waals surface area contributed by atoms with E-state index in [-0.39, 0.29) is 6.04 Å². The Hall–Kier alpha value is -0.770. The van der Waals surface area contributed by atoms with Crippen LogP contribution in [0.3, 0.4) is 0 Å². The highest BCUT2D eigenvalue weighted by Gasteiger charge is 2.18. The van der Waals surface area contributed by atoms with E-state index in [0.29, 0.717) is 0 Å². The van der Waals surface area contributed by atoms with Crippen LogP contribution in [0.2, 0.25) is 5.02 Å². The molecule has 0 radical (unpaired) electrons. The quantitative estimate of drug-likeness (QED) is 0.913. The van der Waals surface area contributed by atoms with E-state index in [4.69, 9.17) is 16.0 Å². The molecule has 2 rings (SSSR count). The number of benzene rings is 1. The van der Waals surface area contributed by atoms with Crippen LogP contribution >= 0.6 is 27.5 Å². The van der Waals surface area contributed by atoms with Crippen molar-refractivity contribution in [3.8, 4) is 0 Å². The molecule has 1 atom stereocenters. The number of halogens is 2. The molecule has 0 aliphatic rings. The first kappa shape index (κ1) is 12.7. The van der Waals surface area contributed by atoms with Crippen molar-refractivity contribution in [2.45, 2.75) is 13.0 Å². The van der Waals surface area contributed by atoms with E-state index in [2.05, 4.69) is 21.2 Å². The predicted octanol–water partition coefficient (Wildman–Crippen LogP) is 4.31. The fourth-order valence-electron chi connectivity index (χ4n) is 1.80. The summed E-state index contributed by atoms with van der Waals surface area (Å²) in [4.78, 5) is 0. The highest BCUT2D eigenvalue weighted by atomic mass is 79.9. The summed E-state index contributed by atoms with van der Waals surface area (Å²) in [6, 6.07) is 9.68. The Morgan fingerprint density at radius 3 is 2.65 bits per heavy atom. The van der Waals surface area contributed by atoms with Gasteiger partial charge in [0.2, 0.25) is 0 Å². The van der Waals surface area contributed by atoms with Gasteiger partial charge >= 0.3 is 0 Å². The largest absolute Gasteiger partial charge is 0.464 e. The van der Waals surface area contributed by atoms with Gasteiger partial charge in [0.05, 0.1) is 6.04 Å². The van der Waals surface area contributed by atoms with Crippen LogP contribution in [0.4, 0.5) is 0 Å². The fourth-order valence-corrected chi connectivity index (χ4v) is 2.40. The molecule has 4 heteroatoms. The number of furan rings is 1. The predicted molar refractivity (Wildman–Crippen MR) is 73.5 cm³/mol. The molecule has 90 valence electrons. The van der Waals surface area contributed by atoms with Gasteiger partial charge in [0.1, 0.15) is 11.5 Å². The molecule has 0 amide bonds. The zero-order valence-electron chi connectivity index (χ0n) is 9.63. The van der Waals surface area contributed by atoms with Crippen LogP contribution in [0.15, 0.2) is 39.2 Å². The molecule has 2 aromatic rings. The minimum atomic E-state index is -0.0336. The summed E-state index contributed by atoms with van der Waals surface area (Å²) in [5.74, 6) is 1.76. The van der Waals surface area contributed by atoms with Gasteiger partial charge in [-0.25, -0.2) is 0 Å². The first-order valence-corrected chi connectivity index (χ1v) is 6.47. The van der Waals surface area contributed by atoms with Gasteiger partial charge in [-0.2, -0.15) is 0 Å². The standard InChI is InChI=1S/C13H13BrClNO/c1-8-3-6-12(17-8)13(16-2)10-7-9(14)4-5-11(10)15/h3-7,13,16H,1-2H3. The van der Waals surface area contributed by atoms with Crippen molar-refractivity contribution in [1.82, 2.24) is 5.32 Å². The Bertz CT molecular complexity index is 524. The fraction of sp³-hybridized carbons (Fsp3) is 0.231. The van der Waals surface area contributed by atoms with Gasteiger partial charge in [-0.15, -0.1) is 0 Å². The molecule has 1 aromatic heterocycles. The maximum Gasteiger partial charge on any atom is 0.125 e. The van der Waals surface area contributed by atoms with E-state index >= 15 is 0 Å². The van der Waals surface area contributed by atoms with E-state index in [9.17, 15) is 0 Å². The van der Waals surface area contributed by atoms with E-state index in [1.165, 1.54) is 0 Å². The molecule has 2 nitrogen and oxygen atoms in total. The molecular formula is C13H13BrClNO. The normalized spacial score (nSPS) is 12.7. The molecule has 0 spiro atoms. The molecule has 1 heterocycles. The van der Waals surface area contributed by atoms with Gasteiger partial charge < -0.3 is 9.73 Å². The lowest BCUT2D eigenvalue weighted by Gasteiger charge is -2.16. The Morgan fingerprint density at radius 2 is 2.06 bits per heavy atom. The van der Waals surface area contributed by atoms with Crippen molar-refractivity contribution >= 4 is 27.5 Å². The third kappa shape index (κ3) is 2.73. The second-order valence-electron chi connectivity index (χ2n) is 3.84. The maximum atomic E-state index is 6.22. The van der Waals surface area contributed by atoms with Crippen LogP contribution in [0.5, 0.6) is 0 Å². The second kappa shape index (κ2) is 5.25. The molecule has 0 bridgehead atoms. The van der Waals surface area contributed by atoms with Gasteiger partial charge in [0.15, 0.2) is 0 Å². The highest BCUT2D eigenvalue weighted by molar-refractivity contribution is 9.10. The van der Waals surface area contributed by atoms with Crippen LogP contribution < -0.4 is 5.32 Å². The topological polar surface area (TPSA) is 25.2 Å². The van der Waals surface area contributed by atoms with E-state index in [1.54, 1.807) is 0 Å². The van der Waals surface area contributed by atoms with Crippen LogP contribution in [0, 0.1) is 6.92 Å². The van der Waals surface area contributed by atoms with Crippen molar-refractivity contribution in [3.63, 3.8) is 0 Å². The van der Waals surface area contributed by atoms with Crippen molar-refractivity contribution in [1.29, 1.82) is 0 Å². The molecule has 17 heavy (non-hydrogen) atoms. The van der Waals surface area contributed by atoms with Crippen LogP contribution in [0.25, 0.3) is 0 Å². The summed E-state index contributed by atoms with van der Waals surface area (Å²) in [7, 11) is 1.89. The summed E-state index contributed by atoms with van der Waals surface area (Å²) in [5.41, 5.74) is 0.998. The summed E-state index contributed by atoms with van der Waals surface area (Å²) >= 11 is 9.68. The lowest BCUT2D eigenvalue weighted by molar-refractivity contribution is 0.444. The SMILES string of the molecule is CNC(c1ccc(C)o1)c1cc(Br)ccc1Cl. The van der Waals surface area contributed by atoms with Gasteiger partial charge in [-0.3, -0.25) is 0 Å². The van der Waals surface area contributed by atoms with Gasteiger partial charge in [-0.05, 0) is 49.9 Å². The lowest BCUT2D eigenvalue weighted by Crippen LogP contribution is -2.17. The molecule has 1 N–H and O–H groups in total. The number of nitrogens with one attached hydrogen (secondary N) is 1. The molecule has 0 aliphatic carbocycles. The van der Waals surface area contributed by atoms with Gasteiger partial charge in [0.25, 0.3) is 0 Å². The molecular weight excluding hydrogens is 302 g/mol. The average Bonchev–Trinajstić information content (AvgIpc) is 2.71. The molecule has 0 fully saturated rings. The summed E-state index contributed by atoms with van der Waals surface area (Å²) in [5, 5.41) is 3.94. The smallest absolute Gasteiger partial charge is 0.125 e. The van der Waals surface area contributed by atoms with Crippen LogP contribution in [0.1, 0.15) is 23.1 Å².